The average Bonchev–Trinajstić information content (AvgIpc) is 1.88. The molecule has 0 saturated heterocycles. The molecule has 0 aromatic carbocycles. The van der Waals surface area contributed by atoms with Gasteiger partial charge in [0.25, 0.3) is 0 Å². The quantitative estimate of drug-likeness (QED) is 0.578. The molecular weight excluding hydrogens is 148 g/mol. The number of thioether (sulfide) groups is 2. The lowest BCUT2D eigenvalue weighted by molar-refractivity contribution is 0.918. The second-order valence-corrected chi connectivity index (χ2v) is 4.66. The van der Waals surface area contributed by atoms with Crippen molar-refractivity contribution in [1.29, 1.82) is 0 Å². The van der Waals surface area contributed by atoms with E-state index < -0.39 is 0 Å². The lowest BCUT2D eigenvalue weighted by Crippen LogP contribution is -2.06. The van der Waals surface area contributed by atoms with Crippen molar-refractivity contribution in [3.05, 3.63) is 10.3 Å². The molecule has 0 saturated carbocycles. The predicted molar refractivity (Wildman–Crippen MR) is 47.9 cm³/mol. The first-order chi connectivity index (χ1) is 4.33. The van der Waals surface area contributed by atoms with Crippen molar-refractivity contribution >= 4 is 23.5 Å². The van der Waals surface area contributed by atoms with Crippen LogP contribution in [0.25, 0.3) is 0 Å². The molecule has 52 valence electrons. The molecule has 0 fully saturated rings. The van der Waals surface area contributed by atoms with E-state index in [-0.39, 0.29) is 0 Å². The lowest BCUT2D eigenvalue weighted by atomic mass is 10.4. The molecule has 0 radical (unpaired) electrons. The smallest absolute Gasteiger partial charge is 0.0183 e. The first-order valence-corrected chi connectivity index (χ1v) is 5.20. The standard InChI is InChI=1S/C7H12S2/c1-3-7-5-8-4-6(2)9-7/h4,7H,3,5H2,1-2H3. The van der Waals surface area contributed by atoms with Crippen molar-refractivity contribution in [2.75, 3.05) is 5.75 Å². The minimum atomic E-state index is 0.875. The molecule has 1 rings (SSSR count). The number of allylic oxidation sites excluding steroid dienone is 1. The van der Waals surface area contributed by atoms with Crippen LogP contribution in [0.2, 0.25) is 0 Å². The van der Waals surface area contributed by atoms with Gasteiger partial charge in [0.15, 0.2) is 0 Å². The van der Waals surface area contributed by atoms with Crippen molar-refractivity contribution in [3.8, 4) is 0 Å². The van der Waals surface area contributed by atoms with Gasteiger partial charge in [-0.25, -0.2) is 0 Å². The monoisotopic (exact) mass is 160 g/mol. The first-order valence-electron chi connectivity index (χ1n) is 3.28. The zero-order chi connectivity index (χ0) is 6.69. The maximum Gasteiger partial charge on any atom is 0.0183 e. The Balaban J connectivity index is 2.39. The van der Waals surface area contributed by atoms with Gasteiger partial charge < -0.3 is 0 Å². The van der Waals surface area contributed by atoms with Crippen molar-refractivity contribution in [3.63, 3.8) is 0 Å². The summed E-state index contributed by atoms with van der Waals surface area (Å²) in [5.41, 5.74) is 0. The summed E-state index contributed by atoms with van der Waals surface area (Å²) in [6.45, 7) is 4.45. The van der Waals surface area contributed by atoms with Crippen LogP contribution in [0.4, 0.5) is 0 Å². The third-order valence-electron chi connectivity index (χ3n) is 1.34. The van der Waals surface area contributed by atoms with Crippen molar-refractivity contribution < 1.29 is 0 Å². The van der Waals surface area contributed by atoms with Crippen LogP contribution in [0.15, 0.2) is 10.3 Å². The summed E-state index contributed by atoms with van der Waals surface area (Å²) in [7, 11) is 0. The Morgan fingerprint density at radius 1 is 1.78 bits per heavy atom. The van der Waals surface area contributed by atoms with Gasteiger partial charge in [0.1, 0.15) is 0 Å². The Hall–Kier alpha value is 0.440. The van der Waals surface area contributed by atoms with Gasteiger partial charge in [0.05, 0.1) is 0 Å². The molecule has 0 aromatic heterocycles. The van der Waals surface area contributed by atoms with E-state index in [2.05, 4.69) is 19.3 Å². The van der Waals surface area contributed by atoms with E-state index in [0.29, 0.717) is 0 Å². The van der Waals surface area contributed by atoms with Gasteiger partial charge in [-0.1, -0.05) is 6.92 Å². The molecule has 1 aliphatic rings. The third-order valence-corrected chi connectivity index (χ3v) is 4.14. The average molecular weight is 160 g/mol. The second-order valence-electron chi connectivity index (χ2n) is 2.21. The van der Waals surface area contributed by atoms with Gasteiger partial charge in [-0.05, 0) is 23.7 Å². The van der Waals surface area contributed by atoms with Gasteiger partial charge in [-0.15, -0.1) is 23.5 Å². The van der Waals surface area contributed by atoms with Crippen LogP contribution in [0, 0.1) is 0 Å². The fourth-order valence-electron chi connectivity index (χ4n) is 0.799. The number of hydrogen-bond acceptors (Lipinski definition) is 2. The van der Waals surface area contributed by atoms with Crippen LogP contribution in [-0.2, 0) is 0 Å². The molecule has 1 unspecified atom stereocenters. The minimum absolute atomic E-state index is 0.875. The van der Waals surface area contributed by atoms with Gasteiger partial charge in [0, 0.05) is 11.0 Å². The summed E-state index contributed by atoms with van der Waals surface area (Å²) in [5, 5.41) is 3.14. The van der Waals surface area contributed by atoms with Crippen molar-refractivity contribution in [1.82, 2.24) is 0 Å². The summed E-state index contributed by atoms with van der Waals surface area (Å²) in [6, 6.07) is 0. The molecule has 0 aliphatic carbocycles. The molecule has 1 atom stereocenters. The third kappa shape index (κ3) is 2.26. The van der Waals surface area contributed by atoms with Gasteiger partial charge in [-0.2, -0.15) is 0 Å². The van der Waals surface area contributed by atoms with E-state index in [4.69, 9.17) is 0 Å². The van der Waals surface area contributed by atoms with Gasteiger partial charge in [-0.3, -0.25) is 0 Å². The summed E-state index contributed by atoms with van der Waals surface area (Å²) >= 11 is 3.98. The van der Waals surface area contributed by atoms with Crippen LogP contribution in [-0.4, -0.2) is 11.0 Å². The molecule has 0 nitrogen and oxygen atoms in total. The van der Waals surface area contributed by atoms with E-state index in [1.165, 1.54) is 17.1 Å². The Morgan fingerprint density at radius 2 is 2.56 bits per heavy atom. The van der Waals surface area contributed by atoms with Crippen LogP contribution in [0.5, 0.6) is 0 Å². The van der Waals surface area contributed by atoms with E-state index in [9.17, 15) is 0 Å². The van der Waals surface area contributed by atoms with Crippen LogP contribution in [0.1, 0.15) is 20.3 Å². The highest BCUT2D eigenvalue weighted by Crippen LogP contribution is 2.33. The summed E-state index contributed by atoms with van der Waals surface area (Å²) in [6.07, 6.45) is 1.31. The van der Waals surface area contributed by atoms with E-state index >= 15 is 0 Å². The van der Waals surface area contributed by atoms with Crippen LogP contribution < -0.4 is 0 Å². The zero-order valence-electron chi connectivity index (χ0n) is 5.89. The molecule has 2 heteroatoms. The number of hydrogen-bond donors (Lipinski definition) is 0. The van der Waals surface area contributed by atoms with Gasteiger partial charge >= 0.3 is 0 Å². The molecule has 1 heterocycles. The maximum absolute atomic E-state index is 2.26. The van der Waals surface area contributed by atoms with Crippen LogP contribution in [0.3, 0.4) is 0 Å². The Bertz CT molecular complexity index is 118. The SMILES string of the molecule is CCC1CSC=C(C)S1. The fraction of sp³-hybridized carbons (Fsp3) is 0.714. The maximum atomic E-state index is 2.26. The highest BCUT2D eigenvalue weighted by Gasteiger charge is 2.10. The van der Waals surface area contributed by atoms with Crippen molar-refractivity contribution in [2.24, 2.45) is 0 Å². The van der Waals surface area contributed by atoms with Gasteiger partial charge in [0.2, 0.25) is 0 Å². The van der Waals surface area contributed by atoms with E-state index in [1.54, 1.807) is 0 Å². The first kappa shape index (κ1) is 7.55. The topological polar surface area (TPSA) is 0 Å². The molecular formula is C7H12S2. The minimum Gasteiger partial charge on any atom is -0.132 e. The molecule has 0 N–H and O–H groups in total. The lowest BCUT2D eigenvalue weighted by Gasteiger charge is -2.17. The number of rotatable bonds is 1. The largest absolute Gasteiger partial charge is 0.132 e. The summed E-state index contributed by atoms with van der Waals surface area (Å²) in [4.78, 5) is 1.48. The molecule has 0 bridgehead atoms. The Labute approximate surface area is 65.5 Å². The fourth-order valence-corrected chi connectivity index (χ4v) is 3.21. The highest BCUT2D eigenvalue weighted by molar-refractivity contribution is 8.09. The molecule has 0 spiro atoms. The molecule has 0 amide bonds. The summed E-state index contributed by atoms with van der Waals surface area (Å²) < 4.78 is 0. The molecule has 1 aliphatic heterocycles. The van der Waals surface area contributed by atoms with Crippen molar-refractivity contribution in [2.45, 2.75) is 25.5 Å². The Morgan fingerprint density at radius 3 is 3.00 bits per heavy atom. The molecule has 9 heavy (non-hydrogen) atoms. The van der Waals surface area contributed by atoms with E-state index in [0.717, 1.165) is 5.25 Å². The summed E-state index contributed by atoms with van der Waals surface area (Å²) in [5.74, 6) is 1.30. The second kappa shape index (κ2) is 3.57. The predicted octanol–water partition coefficient (Wildman–Crippen LogP) is 3.11. The zero-order valence-corrected chi connectivity index (χ0v) is 7.52. The van der Waals surface area contributed by atoms with E-state index in [1.807, 2.05) is 23.5 Å². The van der Waals surface area contributed by atoms with Crippen LogP contribution >= 0.6 is 23.5 Å². The highest BCUT2D eigenvalue weighted by atomic mass is 32.2. The normalized spacial score (nSPS) is 27.8. The molecule has 0 aromatic rings. The Kier molecular flexibility index (Phi) is 2.99.